The summed E-state index contributed by atoms with van der Waals surface area (Å²) in [6.45, 7) is 4.09. The summed E-state index contributed by atoms with van der Waals surface area (Å²) >= 11 is 3.79. The molecule has 4 aromatic rings. The largest absolute Gasteiger partial charge is 0.0984 e. The second-order valence-electron chi connectivity index (χ2n) is 6.37. The fourth-order valence-electron chi connectivity index (χ4n) is 3.52. The highest BCUT2D eigenvalue weighted by atomic mass is 79.9. The van der Waals surface area contributed by atoms with Gasteiger partial charge in [0.15, 0.2) is 0 Å². The number of rotatable bonds is 4. The maximum absolute atomic E-state index is 4.09. The molecule has 0 unspecified atom stereocenters. The Hall–Kier alpha value is -2.90. The summed E-state index contributed by atoms with van der Waals surface area (Å²) in [7, 11) is 0. The van der Waals surface area contributed by atoms with E-state index in [1.54, 1.807) is 0 Å². The standard InChI is InChI=1S/C26H19Br/c1-2-22-24(27)18-23(19-12-6-3-7-13-19)26(21-16-10-5-11-17-21)25(22)20-14-8-4-9-15-20/h2-18H,1H2. The zero-order chi connectivity index (χ0) is 18.6. The van der Waals surface area contributed by atoms with E-state index in [-0.39, 0.29) is 0 Å². The van der Waals surface area contributed by atoms with Crippen molar-refractivity contribution < 1.29 is 0 Å². The summed E-state index contributed by atoms with van der Waals surface area (Å²) in [6.07, 6.45) is 1.94. The van der Waals surface area contributed by atoms with E-state index < -0.39 is 0 Å². The fourth-order valence-corrected chi connectivity index (χ4v) is 4.11. The molecule has 130 valence electrons. The third-order valence-electron chi connectivity index (χ3n) is 4.73. The van der Waals surface area contributed by atoms with Crippen LogP contribution in [0.5, 0.6) is 0 Å². The topological polar surface area (TPSA) is 0 Å². The van der Waals surface area contributed by atoms with Crippen molar-refractivity contribution >= 4 is 22.0 Å². The van der Waals surface area contributed by atoms with Crippen LogP contribution in [0.1, 0.15) is 5.56 Å². The van der Waals surface area contributed by atoms with E-state index in [0.29, 0.717) is 0 Å². The zero-order valence-electron chi connectivity index (χ0n) is 14.9. The Labute approximate surface area is 169 Å². The fraction of sp³-hybridized carbons (Fsp3) is 0. The van der Waals surface area contributed by atoms with Crippen LogP contribution in [0.15, 0.2) is 108 Å². The molecule has 0 radical (unpaired) electrons. The SMILES string of the molecule is C=Cc1c(Br)cc(-c2ccccc2)c(-c2ccccc2)c1-c1ccccc1. The normalized spacial score (nSPS) is 10.6. The Balaban J connectivity index is 2.16. The monoisotopic (exact) mass is 410 g/mol. The lowest BCUT2D eigenvalue weighted by atomic mass is 9.85. The molecule has 27 heavy (non-hydrogen) atoms. The Bertz CT molecular complexity index is 1070. The van der Waals surface area contributed by atoms with Gasteiger partial charge in [0.05, 0.1) is 0 Å². The minimum absolute atomic E-state index is 1.05. The van der Waals surface area contributed by atoms with Gasteiger partial charge in [-0.1, -0.05) is 120 Å². The van der Waals surface area contributed by atoms with E-state index in [4.69, 9.17) is 0 Å². The van der Waals surface area contributed by atoms with Crippen molar-refractivity contribution in [3.8, 4) is 33.4 Å². The third-order valence-corrected chi connectivity index (χ3v) is 5.39. The quantitative estimate of drug-likeness (QED) is 0.318. The average molecular weight is 411 g/mol. The van der Waals surface area contributed by atoms with E-state index >= 15 is 0 Å². The summed E-state index contributed by atoms with van der Waals surface area (Å²) < 4.78 is 1.05. The molecule has 0 N–H and O–H groups in total. The van der Waals surface area contributed by atoms with Gasteiger partial charge in [-0.2, -0.15) is 0 Å². The second kappa shape index (κ2) is 7.77. The van der Waals surface area contributed by atoms with Crippen LogP contribution in [-0.4, -0.2) is 0 Å². The van der Waals surface area contributed by atoms with E-state index in [1.807, 2.05) is 6.08 Å². The van der Waals surface area contributed by atoms with Gasteiger partial charge in [0.25, 0.3) is 0 Å². The van der Waals surface area contributed by atoms with Crippen molar-refractivity contribution in [2.45, 2.75) is 0 Å². The van der Waals surface area contributed by atoms with Gasteiger partial charge < -0.3 is 0 Å². The molecule has 0 aliphatic carbocycles. The maximum Gasteiger partial charge on any atom is 0.0260 e. The molecule has 0 spiro atoms. The molecular formula is C26H19Br. The van der Waals surface area contributed by atoms with Crippen LogP contribution in [0, 0.1) is 0 Å². The highest BCUT2D eigenvalue weighted by molar-refractivity contribution is 9.10. The first-order valence-electron chi connectivity index (χ1n) is 8.95. The minimum atomic E-state index is 1.05. The van der Waals surface area contributed by atoms with Crippen LogP contribution in [-0.2, 0) is 0 Å². The lowest BCUT2D eigenvalue weighted by Gasteiger charge is -2.20. The molecule has 0 atom stereocenters. The smallest absolute Gasteiger partial charge is 0.0260 e. The zero-order valence-corrected chi connectivity index (χ0v) is 16.5. The molecule has 0 amide bonds. The van der Waals surface area contributed by atoms with E-state index in [2.05, 4.69) is 120 Å². The van der Waals surface area contributed by atoms with E-state index in [0.717, 1.165) is 10.0 Å². The number of hydrogen-bond acceptors (Lipinski definition) is 0. The van der Waals surface area contributed by atoms with Crippen LogP contribution in [0.2, 0.25) is 0 Å². The molecule has 0 aromatic heterocycles. The van der Waals surface area contributed by atoms with Crippen molar-refractivity contribution in [1.29, 1.82) is 0 Å². The second-order valence-corrected chi connectivity index (χ2v) is 7.23. The first-order chi connectivity index (χ1) is 13.3. The van der Waals surface area contributed by atoms with Crippen molar-refractivity contribution in [1.82, 2.24) is 0 Å². The van der Waals surface area contributed by atoms with Gasteiger partial charge in [-0.3, -0.25) is 0 Å². The van der Waals surface area contributed by atoms with Crippen molar-refractivity contribution in [2.24, 2.45) is 0 Å². The molecule has 4 aromatic carbocycles. The Morgan fingerprint density at radius 1 is 0.593 bits per heavy atom. The van der Waals surface area contributed by atoms with Crippen LogP contribution in [0.4, 0.5) is 0 Å². The summed E-state index contributed by atoms with van der Waals surface area (Å²) in [4.78, 5) is 0. The molecule has 1 heteroatoms. The summed E-state index contributed by atoms with van der Waals surface area (Å²) in [6, 6.07) is 33.9. The molecule has 0 heterocycles. The lowest BCUT2D eigenvalue weighted by molar-refractivity contribution is 1.52. The molecule has 0 saturated carbocycles. The summed E-state index contributed by atoms with van der Waals surface area (Å²) in [5.41, 5.74) is 8.33. The highest BCUT2D eigenvalue weighted by Crippen LogP contribution is 2.45. The van der Waals surface area contributed by atoms with Gasteiger partial charge in [-0.05, 0) is 45.0 Å². The van der Waals surface area contributed by atoms with Gasteiger partial charge in [-0.25, -0.2) is 0 Å². The first kappa shape index (κ1) is 17.5. The number of hydrogen-bond donors (Lipinski definition) is 0. The van der Waals surface area contributed by atoms with Gasteiger partial charge in [0.1, 0.15) is 0 Å². The Kier molecular flexibility index (Phi) is 5.04. The summed E-state index contributed by atoms with van der Waals surface area (Å²) in [5.74, 6) is 0. The lowest BCUT2D eigenvalue weighted by Crippen LogP contribution is -1.95. The molecule has 0 bridgehead atoms. The predicted octanol–water partition coefficient (Wildman–Crippen LogP) is 8.09. The Morgan fingerprint density at radius 2 is 1.04 bits per heavy atom. The van der Waals surface area contributed by atoms with Crippen molar-refractivity contribution in [2.75, 3.05) is 0 Å². The Morgan fingerprint density at radius 3 is 1.52 bits per heavy atom. The third kappa shape index (κ3) is 3.39. The molecule has 0 aliphatic heterocycles. The van der Waals surface area contributed by atoms with Crippen LogP contribution in [0.25, 0.3) is 39.5 Å². The van der Waals surface area contributed by atoms with Gasteiger partial charge in [0, 0.05) is 4.47 Å². The molecule has 0 saturated heterocycles. The molecule has 0 nitrogen and oxygen atoms in total. The van der Waals surface area contributed by atoms with Crippen LogP contribution < -0.4 is 0 Å². The molecular weight excluding hydrogens is 392 g/mol. The molecule has 0 fully saturated rings. The molecule has 4 rings (SSSR count). The van der Waals surface area contributed by atoms with E-state index in [9.17, 15) is 0 Å². The molecule has 0 aliphatic rings. The average Bonchev–Trinajstić information content (AvgIpc) is 2.75. The van der Waals surface area contributed by atoms with Crippen LogP contribution in [0.3, 0.4) is 0 Å². The number of benzene rings is 4. The van der Waals surface area contributed by atoms with Crippen molar-refractivity contribution in [3.05, 3.63) is 114 Å². The number of halogens is 1. The minimum Gasteiger partial charge on any atom is -0.0984 e. The highest BCUT2D eigenvalue weighted by Gasteiger charge is 2.19. The van der Waals surface area contributed by atoms with Gasteiger partial charge in [0.2, 0.25) is 0 Å². The van der Waals surface area contributed by atoms with Gasteiger partial charge >= 0.3 is 0 Å². The van der Waals surface area contributed by atoms with E-state index in [1.165, 1.54) is 33.4 Å². The first-order valence-corrected chi connectivity index (χ1v) is 9.74. The predicted molar refractivity (Wildman–Crippen MR) is 121 cm³/mol. The van der Waals surface area contributed by atoms with Crippen LogP contribution >= 0.6 is 15.9 Å². The van der Waals surface area contributed by atoms with Gasteiger partial charge in [-0.15, -0.1) is 0 Å². The maximum atomic E-state index is 4.09. The summed E-state index contributed by atoms with van der Waals surface area (Å²) in [5, 5.41) is 0. The van der Waals surface area contributed by atoms with Crippen molar-refractivity contribution in [3.63, 3.8) is 0 Å².